The molecule has 27 heavy (non-hydrogen) atoms. The second kappa shape index (κ2) is 8.40. The van der Waals surface area contributed by atoms with E-state index in [1.165, 1.54) is 15.9 Å². The van der Waals surface area contributed by atoms with Gasteiger partial charge in [-0.05, 0) is 41.5 Å². The fraction of sp³-hybridized carbons (Fsp3) is 0. The maximum Gasteiger partial charge on any atom is 0.0491 e. The van der Waals surface area contributed by atoms with Gasteiger partial charge in [0.05, 0.1) is 0 Å². The number of hydrogen-bond acceptors (Lipinski definition) is 0. The van der Waals surface area contributed by atoms with Crippen molar-refractivity contribution in [2.75, 3.05) is 0 Å². The lowest BCUT2D eigenvalue weighted by atomic mass is 10.1. The van der Waals surface area contributed by atoms with Gasteiger partial charge in [-0.25, -0.2) is 0 Å². The van der Waals surface area contributed by atoms with Crippen LogP contribution in [0.5, 0.6) is 0 Å². The molecule has 0 radical (unpaired) electrons. The fourth-order valence-electron chi connectivity index (χ4n) is 3.21. The number of rotatable bonds is 4. The lowest BCUT2D eigenvalue weighted by molar-refractivity contribution is 1.60. The van der Waals surface area contributed by atoms with Crippen molar-refractivity contribution in [2.24, 2.45) is 0 Å². The fourth-order valence-corrected chi connectivity index (χ4v) is 6.53. The first-order valence-corrected chi connectivity index (χ1v) is 11.2. The van der Waals surface area contributed by atoms with Crippen LogP contribution in [0.1, 0.15) is 0 Å². The average molecular weight is 452 g/mol. The third kappa shape index (κ3) is 3.87. The molecule has 0 aliphatic heterocycles. The van der Waals surface area contributed by atoms with Gasteiger partial charge >= 0.3 is 0 Å². The Hall–Kier alpha value is -1.92. The highest BCUT2D eigenvalue weighted by molar-refractivity contribution is 9.10. The molecule has 0 nitrogen and oxygen atoms in total. The first-order chi connectivity index (χ1) is 13.3. The first kappa shape index (κ1) is 18.4. The summed E-state index contributed by atoms with van der Waals surface area (Å²) in [4.78, 5) is 0. The van der Waals surface area contributed by atoms with Gasteiger partial charge in [0.1, 0.15) is 0 Å². The molecule has 4 rings (SSSR count). The monoisotopic (exact) mass is 450 g/mol. The summed E-state index contributed by atoms with van der Waals surface area (Å²) in [6.07, 6.45) is 0. The predicted octanol–water partition coefficient (Wildman–Crippen LogP) is 6.53. The summed E-state index contributed by atoms with van der Waals surface area (Å²) in [5, 5.41) is 4.67. The van der Waals surface area contributed by atoms with Crippen molar-refractivity contribution in [3.63, 3.8) is 0 Å². The Morgan fingerprint density at radius 3 is 1.74 bits per heavy atom. The lowest BCUT2D eigenvalue weighted by Gasteiger charge is -2.23. The van der Waals surface area contributed by atoms with Crippen molar-refractivity contribution in [3.05, 3.63) is 113 Å². The van der Waals surface area contributed by atoms with Crippen LogP contribution in [0.4, 0.5) is 0 Å². The highest BCUT2D eigenvalue weighted by atomic mass is 79.9. The molecule has 0 bridgehead atoms. The SMILES string of the molecule is Clc1cccc(P(c2ccccc2)c2ccccc2)c1-c1ccccc1Br. The lowest BCUT2D eigenvalue weighted by Crippen LogP contribution is -2.22. The summed E-state index contributed by atoms with van der Waals surface area (Å²) in [5.41, 5.74) is 2.22. The summed E-state index contributed by atoms with van der Waals surface area (Å²) < 4.78 is 1.05. The number of hydrogen-bond donors (Lipinski definition) is 0. The zero-order valence-electron chi connectivity index (χ0n) is 14.5. The molecule has 0 atom stereocenters. The van der Waals surface area contributed by atoms with E-state index in [0.29, 0.717) is 0 Å². The van der Waals surface area contributed by atoms with E-state index in [-0.39, 0.29) is 0 Å². The average Bonchev–Trinajstić information content (AvgIpc) is 2.71. The molecule has 0 amide bonds. The molecular formula is C24H17BrClP. The standard InChI is InChI=1S/C24H17BrClP/c25-21-15-8-7-14-20(21)24-22(26)16-9-17-23(24)27(18-10-3-1-4-11-18)19-12-5-2-6-13-19/h1-17H. The molecule has 4 aromatic rings. The third-order valence-corrected chi connectivity index (χ3v) is 7.89. The van der Waals surface area contributed by atoms with Crippen molar-refractivity contribution in [3.8, 4) is 11.1 Å². The molecule has 0 saturated heterocycles. The van der Waals surface area contributed by atoms with Gasteiger partial charge in [0.2, 0.25) is 0 Å². The van der Waals surface area contributed by atoms with Gasteiger partial charge in [-0.15, -0.1) is 0 Å². The van der Waals surface area contributed by atoms with Gasteiger partial charge in [-0.1, -0.05) is 119 Å². The van der Waals surface area contributed by atoms with Crippen LogP contribution in [0.3, 0.4) is 0 Å². The van der Waals surface area contributed by atoms with Crippen LogP contribution in [0.25, 0.3) is 11.1 Å². The molecular weight excluding hydrogens is 435 g/mol. The molecule has 3 heteroatoms. The van der Waals surface area contributed by atoms with Crippen LogP contribution < -0.4 is 15.9 Å². The minimum Gasteiger partial charge on any atom is -0.0836 e. The zero-order valence-corrected chi connectivity index (χ0v) is 17.8. The predicted molar refractivity (Wildman–Crippen MR) is 123 cm³/mol. The number of benzene rings is 4. The van der Waals surface area contributed by atoms with E-state index < -0.39 is 7.92 Å². The smallest absolute Gasteiger partial charge is 0.0491 e. The molecule has 0 fully saturated rings. The first-order valence-electron chi connectivity index (χ1n) is 8.69. The van der Waals surface area contributed by atoms with Crippen LogP contribution in [0.15, 0.2) is 108 Å². The van der Waals surface area contributed by atoms with Crippen LogP contribution in [-0.4, -0.2) is 0 Å². The van der Waals surface area contributed by atoms with Crippen molar-refractivity contribution in [1.29, 1.82) is 0 Å². The van der Waals surface area contributed by atoms with Gasteiger partial charge in [-0.2, -0.15) is 0 Å². The summed E-state index contributed by atoms with van der Waals surface area (Å²) in [5.74, 6) is 0. The maximum absolute atomic E-state index is 6.74. The van der Waals surface area contributed by atoms with Gasteiger partial charge < -0.3 is 0 Å². The van der Waals surface area contributed by atoms with E-state index in [0.717, 1.165) is 20.6 Å². The summed E-state index contributed by atoms with van der Waals surface area (Å²) >= 11 is 10.5. The minimum atomic E-state index is -0.724. The second-order valence-electron chi connectivity index (χ2n) is 6.12. The van der Waals surface area contributed by atoms with E-state index >= 15 is 0 Å². The Labute approximate surface area is 174 Å². The van der Waals surface area contributed by atoms with Gasteiger partial charge in [0, 0.05) is 15.1 Å². The Balaban J connectivity index is 2.00. The molecule has 4 aromatic carbocycles. The Morgan fingerprint density at radius 2 is 1.15 bits per heavy atom. The molecule has 0 N–H and O–H groups in total. The summed E-state index contributed by atoms with van der Waals surface area (Å²) in [7, 11) is -0.724. The number of halogens is 2. The molecule has 0 aromatic heterocycles. The minimum absolute atomic E-state index is 0.724. The van der Waals surface area contributed by atoms with Gasteiger partial charge in [0.25, 0.3) is 0 Å². The molecule has 0 spiro atoms. The van der Waals surface area contributed by atoms with Crippen LogP contribution in [0.2, 0.25) is 5.02 Å². The molecule has 132 valence electrons. The molecule has 0 aliphatic rings. The highest BCUT2D eigenvalue weighted by Gasteiger charge is 2.22. The van der Waals surface area contributed by atoms with E-state index in [1.807, 2.05) is 12.1 Å². The van der Waals surface area contributed by atoms with Crippen LogP contribution >= 0.6 is 35.5 Å². The van der Waals surface area contributed by atoms with Crippen LogP contribution in [-0.2, 0) is 0 Å². The highest BCUT2D eigenvalue weighted by Crippen LogP contribution is 2.41. The summed E-state index contributed by atoms with van der Waals surface area (Å²) in [6, 6.07) is 35.9. The Kier molecular flexibility index (Phi) is 5.74. The normalized spacial score (nSPS) is 10.9. The molecule has 0 saturated carbocycles. The second-order valence-corrected chi connectivity index (χ2v) is 9.57. The Bertz CT molecular complexity index is 1010. The quantitative estimate of drug-likeness (QED) is 0.310. The third-order valence-electron chi connectivity index (χ3n) is 4.40. The van der Waals surface area contributed by atoms with E-state index in [1.54, 1.807) is 0 Å². The van der Waals surface area contributed by atoms with E-state index in [4.69, 9.17) is 11.6 Å². The molecule has 0 aliphatic carbocycles. The summed E-state index contributed by atoms with van der Waals surface area (Å²) in [6.45, 7) is 0. The molecule has 0 unspecified atom stereocenters. The Morgan fingerprint density at radius 1 is 0.593 bits per heavy atom. The topological polar surface area (TPSA) is 0 Å². The zero-order chi connectivity index (χ0) is 18.6. The largest absolute Gasteiger partial charge is 0.0836 e. The van der Waals surface area contributed by atoms with Gasteiger partial charge in [0.15, 0.2) is 0 Å². The van der Waals surface area contributed by atoms with Crippen LogP contribution in [0, 0.1) is 0 Å². The maximum atomic E-state index is 6.74. The molecule has 0 heterocycles. The van der Waals surface area contributed by atoms with Crippen molar-refractivity contribution >= 4 is 51.4 Å². The van der Waals surface area contributed by atoms with Crippen molar-refractivity contribution in [1.82, 2.24) is 0 Å². The van der Waals surface area contributed by atoms with Crippen molar-refractivity contribution in [2.45, 2.75) is 0 Å². The van der Waals surface area contributed by atoms with E-state index in [2.05, 4.69) is 107 Å². The van der Waals surface area contributed by atoms with Gasteiger partial charge in [-0.3, -0.25) is 0 Å². The van der Waals surface area contributed by atoms with Crippen molar-refractivity contribution < 1.29 is 0 Å². The van der Waals surface area contributed by atoms with E-state index in [9.17, 15) is 0 Å².